The molecule has 0 saturated heterocycles. The molecule has 0 fully saturated rings. The summed E-state index contributed by atoms with van der Waals surface area (Å²) < 4.78 is 5.96. The van der Waals surface area contributed by atoms with E-state index in [0.29, 0.717) is 17.4 Å². The Morgan fingerprint density at radius 3 is 1.80 bits per heavy atom. The third-order valence-electron chi connectivity index (χ3n) is 4.19. The maximum Gasteiger partial charge on any atom is 0.307 e. The molecule has 0 unspecified atom stereocenters. The summed E-state index contributed by atoms with van der Waals surface area (Å²) >= 11 is 0. The van der Waals surface area contributed by atoms with E-state index in [2.05, 4.69) is 6.92 Å². The van der Waals surface area contributed by atoms with Crippen molar-refractivity contribution in [3.63, 3.8) is 0 Å². The fraction of sp³-hybridized carbons (Fsp3) is 0.900. The fourth-order valence-electron chi connectivity index (χ4n) is 2.95. The van der Waals surface area contributed by atoms with Crippen LogP contribution < -0.4 is 0 Å². The zero-order valence-electron chi connectivity index (χ0n) is 16.9. The van der Waals surface area contributed by atoms with E-state index >= 15 is 0 Å². The van der Waals surface area contributed by atoms with Gasteiger partial charge >= 0.3 is 11.9 Å². The zero-order chi connectivity index (χ0) is 19.1. The van der Waals surface area contributed by atoms with Crippen molar-refractivity contribution in [1.29, 1.82) is 0 Å². The lowest BCUT2D eigenvalue weighted by Crippen LogP contribution is -2.43. The van der Waals surface area contributed by atoms with E-state index in [4.69, 9.17) is 9.84 Å². The SMILES string of the molecule is CCCCCCCCCCCCC(=O)O[C@H](CC(=O)O)C[N+](C)(C)C. The number of rotatable bonds is 16. The molecule has 0 aliphatic carbocycles. The third-order valence-corrected chi connectivity index (χ3v) is 4.19. The number of carboxylic acid groups (broad SMARTS) is 1. The lowest BCUT2D eigenvalue weighted by molar-refractivity contribution is -0.873. The number of nitrogens with zero attached hydrogens (tertiary/aromatic N) is 1. The molecule has 5 nitrogen and oxygen atoms in total. The molecule has 0 amide bonds. The van der Waals surface area contributed by atoms with Crippen molar-refractivity contribution in [2.45, 2.75) is 90.1 Å². The molecular weight excluding hydrogens is 318 g/mol. The normalized spacial score (nSPS) is 12.8. The van der Waals surface area contributed by atoms with Crippen LogP contribution in [-0.2, 0) is 14.3 Å². The van der Waals surface area contributed by atoms with E-state index < -0.39 is 12.1 Å². The Labute approximate surface area is 154 Å². The van der Waals surface area contributed by atoms with Crippen LogP contribution in [0.25, 0.3) is 0 Å². The van der Waals surface area contributed by atoms with Gasteiger partial charge in [-0.1, -0.05) is 64.7 Å². The minimum Gasteiger partial charge on any atom is -0.481 e. The largest absolute Gasteiger partial charge is 0.481 e. The predicted octanol–water partition coefficient (Wildman–Crippen LogP) is 4.39. The van der Waals surface area contributed by atoms with Crippen LogP contribution in [0.5, 0.6) is 0 Å². The molecule has 1 N–H and O–H groups in total. The molecule has 0 bridgehead atoms. The quantitative estimate of drug-likeness (QED) is 0.252. The first kappa shape index (κ1) is 23.9. The standard InChI is InChI=1S/C20H39NO4/c1-5-6-7-8-9-10-11-12-13-14-15-20(24)25-18(16-19(22)23)17-21(2,3)4/h18H,5-17H2,1-4H3/p+1/t18-/m1/s1. The highest BCUT2D eigenvalue weighted by molar-refractivity contribution is 5.71. The van der Waals surface area contributed by atoms with Gasteiger partial charge in [0, 0.05) is 6.42 Å². The van der Waals surface area contributed by atoms with E-state index in [1.165, 1.54) is 51.4 Å². The van der Waals surface area contributed by atoms with E-state index in [9.17, 15) is 9.59 Å². The van der Waals surface area contributed by atoms with Gasteiger partial charge < -0.3 is 14.3 Å². The van der Waals surface area contributed by atoms with Crippen LogP contribution in [0.15, 0.2) is 0 Å². The molecule has 25 heavy (non-hydrogen) atoms. The van der Waals surface area contributed by atoms with Crippen LogP contribution >= 0.6 is 0 Å². The summed E-state index contributed by atoms with van der Waals surface area (Å²) in [6.07, 6.45) is 11.9. The van der Waals surface area contributed by atoms with Crippen LogP contribution in [0.3, 0.4) is 0 Å². The first-order chi connectivity index (χ1) is 11.7. The minimum atomic E-state index is -0.926. The number of carbonyl (C=O) groups excluding carboxylic acids is 1. The van der Waals surface area contributed by atoms with Gasteiger partial charge in [0.15, 0.2) is 6.10 Å². The van der Waals surface area contributed by atoms with Gasteiger partial charge in [-0.3, -0.25) is 9.59 Å². The highest BCUT2D eigenvalue weighted by Gasteiger charge is 2.24. The van der Waals surface area contributed by atoms with Crippen molar-refractivity contribution in [2.75, 3.05) is 27.7 Å². The van der Waals surface area contributed by atoms with E-state index in [1.807, 2.05) is 21.1 Å². The molecule has 1 atom stereocenters. The average Bonchev–Trinajstić information content (AvgIpc) is 2.46. The van der Waals surface area contributed by atoms with Crippen molar-refractivity contribution in [2.24, 2.45) is 0 Å². The highest BCUT2D eigenvalue weighted by Crippen LogP contribution is 2.12. The van der Waals surface area contributed by atoms with Gasteiger partial charge in [0.25, 0.3) is 0 Å². The summed E-state index contributed by atoms with van der Waals surface area (Å²) in [6, 6.07) is 0. The fourth-order valence-corrected chi connectivity index (χ4v) is 2.95. The maximum absolute atomic E-state index is 11.9. The van der Waals surface area contributed by atoms with Crippen molar-refractivity contribution in [3.05, 3.63) is 0 Å². The molecule has 148 valence electrons. The van der Waals surface area contributed by atoms with Gasteiger partial charge in [-0.05, 0) is 6.42 Å². The highest BCUT2D eigenvalue weighted by atomic mass is 16.5. The van der Waals surface area contributed by atoms with E-state index in [1.54, 1.807) is 0 Å². The van der Waals surface area contributed by atoms with Crippen LogP contribution in [0.2, 0.25) is 0 Å². The van der Waals surface area contributed by atoms with Gasteiger partial charge in [0.2, 0.25) is 0 Å². The number of quaternary nitrogens is 1. The number of aliphatic carboxylic acids is 1. The smallest absolute Gasteiger partial charge is 0.307 e. The van der Waals surface area contributed by atoms with Crippen LogP contribution in [0.1, 0.15) is 84.0 Å². The molecular formula is C20H40NO4+. The second-order valence-electron chi connectivity index (χ2n) is 8.11. The number of unbranched alkanes of at least 4 members (excludes halogenated alkanes) is 9. The van der Waals surface area contributed by atoms with Crippen LogP contribution in [0.4, 0.5) is 0 Å². The third kappa shape index (κ3) is 17.5. The summed E-state index contributed by atoms with van der Waals surface area (Å²) in [5.74, 6) is -1.19. The molecule has 0 aromatic rings. The predicted molar refractivity (Wildman–Crippen MR) is 101 cm³/mol. The topological polar surface area (TPSA) is 63.6 Å². The number of hydrogen-bond donors (Lipinski definition) is 1. The lowest BCUT2D eigenvalue weighted by Gasteiger charge is -2.28. The van der Waals surface area contributed by atoms with Crippen molar-refractivity contribution in [3.8, 4) is 0 Å². The van der Waals surface area contributed by atoms with E-state index in [0.717, 1.165) is 12.8 Å². The monoisotopic (exact) mass is 358 g/mol. The number of carboxylic acids is 1. The molecule has 0 saturated carbocycles. The second kappa shape index (κ2) is 14.1. The minimum absolute atomic E-state index is 0.126. The molecule has 0 rings (SSSR count). The molecule has 0 radical (unpaired) electrons. The number of hydrogen-bond acceptors (Lipinski definition) is 3. The molecule has 0 spiro atoms. The number of carbonyl (C=O) groups is 2. The van der Waals surface area contributed by atoms with Gasteiger partial charge in [-0.15, -0.1) is 0 Å². The summed E-state index contributed by atoms with van der Waals surface area (Å²) in [5, 5.41) is 8.96. The lowest BCUT2D eigenvalue weighted by atomic mass is 10.1. The number of ether oxygens (including phenoxy) is 1. The molecule has 0 aliphatic rings. The van der Waals surface area contributed by atoms with Gasteiger partial charge in [-0.2, -0.15) is 0 Å². The maximum atomic E-state index is 11.9. The second-order valence-corrected chi connectivity index (χ2v) is 8.11. The van der Waals surface area contributed by atoms with E-state index in [-0.39, 0.29) is 12.4 Å². The Morgan fingerprint density at radius 1 is 0.880 bits per heavy atom. The Balaban J connectivity index is 3.77. The van der Waals surface area contributed by atoms with Crippen LogP contribution in [-0.4, -0.2) is 55.3 Å². The molecule has 0 aromatic carbocycles. The molecule has 0 aliphatic heterocycles. The Morgan fingerprint density at radius 2 is 1.36 bits per heavy atom. The van der Waals surface area contributed by atoms with Crippen LogP contribution in [0, 0.1) is 0 Å². The summed E-state index contributed by atoms with van der Waals surface area (Å²) in [7, 11) is 5.89. The number of likely N-dealkylation sites (N-methyl/N-ethyl adjacent to an activating group) is 1. The summed E-state index contributed by atoms with van der Waals surface area (Å²) in [4.78, 5) is 22.9. The molecule has 0 aromatic heterocycles. The number of esters is 1. The average molecular weight is 359 g/mol. The summed E-state index contributed by atoms with van der Waals surface area (Å²) in [6.45, 7) is 2.74. The van der Waals surface area contributed by atoms with Crippen molar-refractivity contribution >= 4 is 11.9 Å². The van der Waals surface area contributed by atoms with Gasteiger partial charge in [0.1, 0.15) is 6.54 Å². The molecule has 0 heterocycles. The van der Waals surface area contributed by atoms with Gasteiger partial charge in [-0.25, -0.2) is 0 Å². The first-order valence-electron chi connectivity index (χ1n) is 9.96. The Bertz CT molecular complexity index is 363. The van der Waals surface area contributed by atoms with Gasteiger partial charge in [0.05, 0.1) is 27.6 Å². The van der Waals surface area contributed by atoms with Crippen molar-refractivity contribution < 1.29 is 23.9 Å². The first-order valence-corrected chi connectivity index (χ1v) is 9.96. The van der Waals surface area contributed by atoms with Crippen molar-refractivity contribution in [1.82, 2.24) is 0 Å². The zero-order valence-corrected chi connectivity index (χ0v) is 16.9. The Hall–Kier alpha value is -1.10. The summed E-state index contributed by atoms with van der Waals surface area (Å²) in [5.41, 5.74) is 0. The molecule has 5 heteroatoms. The Kier molecular flexibility index (Phi) is 13.5.